The van der Waals surface area contributed by atoms with Crippen LogP contribution in [0.25, 0.3) is 0 Å². The quantitative estimate of drug-likeness (QED) is 0.796. The monoisotopic (exact) mass is 226 g/mol. The minimum Gasteiger partial charge on any atom is -0.481 e. The molecule has 16 heavy (non-hydrogen) atoms. The Hall–Kier alpha value is -1.75. The zero-order valence-electron chi connectivity index (χ0n) is 8.97. The van der Waals surface area contributed by atoms with Crippen LogP contribution in [0.5, 0.6) is 11.5 Å². The summed E-state index contributed by atoms with van der Waals surface area (Å²) < 4.78 is 10.2. The topological polar surface area (TPSA) is 76.0 Å². The van der Waals surface area contributed by atoms with Crippen molar-refractivity contribution in [1.82, 2.24) is 0 Å². The Balaban J connectivity index is 0.000000221. The minimum absolute atomic E-state index is 0.0383. The summed E-state index contributed by atoms with van der Waals surface area (Å²) in [7, 11) is 0. The largest absolute Gasteiger partial charge is 0.481 e. The van der Waals surface area contributed by atoms with Crippen molar-refractivity contribution >= 4 is 5.97 Å². The Morgan fingerprint density at radius 2 is 2.00 bits per heavy atom. The molecule has 0 radical (unpaired) electrons. The van der Waals surface area contributed by atoms with Crippen LogP contribution in [0.3, 0.4) is 0 Å². The maximum absolute atomic E-state index is 9.37. The number of fused-ring (bicyclic) bond motifs is 1. The number of hydrogen-bond donors (Lipinski definition) is 2. The van der Waals surface area contributed by atoms with Crippen LogP contribution in [0.1, 0.15) is 18.9 Å². The maximum Gasteiger partial charge on any atom is 0.303 e. The van der Waals surface area contributed by atoms with Gasteiger partial charge in [-0.3, -0.25) is 4.79 Å². The summed E-state index contributed by atoms with van der Waals surface area (Å²) in [4.78, 5) is 9.37. The SMILES string of the molecule is CCC(=O)O.OCc1ccc2c(c1)OCO2. The van der Waals surface area contributed by atoms with Gasteiger partial charge in [-0.1, -0.05) is 13.0 Å². The predicted octanol–water partition coefficient (Wildman–Crippen LogP) is 1.39. The second kappa shape index (κ2) is 5.97. The Labute approximate surface area is 93.2 Å². The van der Waals surface area contributed by atoms with Crippen molar-refractivity contribution in [3.05, 3.63) is 23.8 Å². The Bertz CT molecular complexity index is 361. The van der Waals surface area contributed by atoms with Gasteiger partial charge in [-0.2, -0.15) is 0 Å². The predicted molar refractivity (Wildman–Crippen MR) is 56.4 cm³/mol. The Kier molecular flexibility index (Phi) is 4.60. The molecule has 1 aromatic carbocycles. The van der Waals surface area contributed by atoms with Crippen molar-refractivity contribution in [2.75, 3.05) is 6.79 Å². The van der Waals surface area contributed by atoms with Crippen molar-refractivity contribution in [2.45, 2.75) is 20.0 Å². The number of carboxylic acids is 1. The van der Waals surface area contributed by atoms with Gasteiger partial charge in [0, 0.05) is 6.42 Å². The molecule has 0 aromatic heterocycles. The molecule has 0 unspecified atom stereocenters. The average Bonchev–Trinajstić information content (AvgIpc) is 2.76. The first-order chi connectivity index (χ1) is 7.67. The summed E-state index contributed by atoms with van der Waals surface area (Å²) in [6.45, 7) is 1.92. The molecule has 0 saturated heterocycles. The lowest BCUT2D eigenvalue weighted by molar-refractivity contribution is -0.136. The summed E-state index contributed by atoms with van der Waals surface area (Å²) in [6.07, 6.45) is 0.222. The molecule has 1 aliphatic rings. The molecule has 5 nitrogen and oxygen atoms in total. The van der Waals surface area contributed by atoms with Crippen molar-refractivity contribution in [3.63, 3.8) is 0 Å². The number of hydrogen-bond acceptors (Lipinski definition) is 4. The van der Waals surface area contributed by atoms with E-state index in [-0.39, 0.29) is 19.8 Å². The van der Waals surface area contributed by atoms with Crippen LogP contribution in [-0.4, -0.2) is 23.0 Å². The molecule has 5 heteroatoms. The van der Waals surface area contributed by atoms with E-state index in [0.717, 1.165) is 17.1 Å². The van der Waals surface area contributed by atoms with Crippen LogP contribution in [0, 0.1) is 0 Å². The number of benzene rings is 1. The summed E-state index contributed by atoms with van der Waals surface area (Å²) in [5.41, 5.74) is 0.842. The van der Waals surface area contributed by atoms with Gasteiger partial charge in [0.15, 0.2) is 11.5 Å². The zero-order chi connectivity index (χ0) is 12.0. The number of aliphatic hydroxyl groups is 1. The van der Waals surface area contributed by atoms with Crippen molar-refractivity contribution in [2.24, 2.45) is 0 Å². The highest BCUT2D eigenvalue weighted by Crippen LogP contribution is 2.32. The van der Waals surface area contributed by atoms with Gasteiger partial charge >= 0.3 is 5.97 Å². The summed E-state index contributed by atoms with van der Waals surface area (Å²) in [5, 5.41) is 16.5. The number of carbonyl (C=O) groups is 1. The van der Waals surface area contributed by atoms with E-state index in [1.165, 1.54) is 0 Å². The van der Waals surface area contributed by atoms with Gasteiger partial charge in [-0.15, -0.1) is 0 Å². The third kappa shape index (κ3) is 3.43. The van der Waals surface area contributed by atoms with Crippen LogP contribution >= 0.6 is 0 Å². The summed E-state index contributed by atoms with van der Waals surface area (Å²) in [5.74, 6) is 0.726. The molecule has 1 aromatic rings. The first kappa shape index (κ1) is 12.3. The first-order valence-corrected chi connectivity index (χ1v) is 4.88. The summed E-state index contributed by atoms with van der Waals surface area (Å²) in [6, 6.07) is 5.39. The molecular weight excluding hydrogens is 212 g/mol. The summed E-state index contributed by atoms with van der Waals surface area (Å²) >= 11 is 0. The fraction of sp³-hybridized carbons (Fsp3) is 0.364. The van der Waals surface area contributed by atoms with E-state index in [9.17, 15) is 4.79 Å². The van der Waals surface area contributed by atoms with Gasteiger partial charge in [-0.25, -0.2) is 0 Å². The van der Waals surface area contributed by atoms with E-state index in [2.05, 4.69) is 0 Å². The second-order valence-corrected chi connectivity index (χ2v) is 3.09. The highest BCUT2D eigenvalue weighted by molar-refractivity contribution is 5.66. The molecule has 0 fully saturated rings. The van der Waals surface area contributed by atoms with Crippen LogP contribution in [0.15, 0.2) is 18.2 Å². The highest BCUT2D eigenvalue weighted by Gasteiger charge is 2.12. The van der Waals surface area contributed by atoms with Crippen molar-refractivity contribution in [3.8, 4) is 11.5 Å². The molecule has 2 rings (SSSR count). The average molecular weight is 226 g/mol. The third-order valence-electron chi connectivity index (χ3n) is 1.92. The van der Waals surface area contributed by atoms with Crippen LogP contribution in [0.4, 0.5) is 0 Å². The van der Waals surface area contributed by atoms with Crippen LogP contribution in [-0.2, 0) is 11.4 Å². The molecule has 0 amide bonds. The van der Waals surface area contributed by atoms with E-state index in [0.29, 0.717) is 0 Å². The van der Waals surface area contributed by atoms with E-state index < -0.39 is 5.97 Å². The Morgan fingerprint density at radius 1 is 1.38 bits per heavy atom. The molecule has 1 aliphatic heterocycles. The lowest BCUT2D eigenvalue weighted by Gasteiger charge is -1.97. The standard InChI is InChI=1S/C8H8O3.C3H6O2/c9-4-6-1-2-7-8(3-6)11-5-10-7;1-2-3(4)5/h1-3,9H,4-5H2;2H2,1H3,(H,4,5). The van der Waals surface area contributed by atoms with E-state index in [4.69, 9.17) is 19.7 Å². The first-order valence-electron chi connectivity index (χ1n) is 4.88. The van der Waals surface area contributed by atoms with Crippen LogP contribution < -0.4 is 9.47 Å². The zero-order valence-corrected chi connectivity index (χ0v) is 8.97. The van der Waals surface area contributed by atoms with Gasteiger partial charge in [0.1, 0.15) is 0 Å². The molecule has 0 saturated carbocycles. The van der Waals surface area contributed by atoms with Gasteiger partial charge in [0.2, 0.25) is 6.79 Å². The molecule has 88 valence electrons. The number of rotatable bonds is 2. The van der Waals surface area contributed by atoms with Crippen molar-refractivity contribution in [1.29, 1.82) is 0 Å². The van der Waals surface area contributed by atoms with E-state index >= 15 is 0 Å². The molecule has 1 heterocycles. The number of ether oxygens (including phenoxy) is 2. The molecule has 0 spiro atoms. The van der Waals surface area contributed by atoms with E-state index in [1.807, 2.05) is 6.07 Å². The van der Waals surface area contributed by atoms with Crippen LogP contribution in [0.2, 0.25) is 0 Å². The Morgan fingerprint density at radius 3 is 2.56 bits per heavy atom. The van der Waals surface area contributed by atoms with Gasteiger partial charge in [0.05, 0.1) is 6.61 Å². The van der Waals surface area contributed by atoms with Gasteiger partial charge in [-0.05, 0) is 17.7 Å². The molecule has 2 N–H and O–H groups in total. The van der Waals surface area contributed by atoms with Crippen molar-refractivity contribution < 1.29 is 24.5 Å². The molecular formula is C11H14O5. The van der Waals surface area contributed by atoms with Gasteiger partial charge in [0.25, 0.3) is 0 Å². The van der Waals surface area contributed by atoms with Gasteiger partial charge < -0.3 is 19.7 Å². The molecule has 0 bridgehead atoms. The maximum atomic E-state index is 9.37. The number of carboxylic acid groups (broad SMARTS) is 1. The number of aliphatic hydroxyl groups excluding tert-OH is 1. The lowest BCUT2D eigenvalue weighted by Crippen LogP contribution is -1.92. The minimum atomic E-state index is -0.745. The highest BCUT2D eigenvalue weighted by atomic mass is 16.7. The normalized spacial score (nSPS) is 11.6. The smallest absolute Gasteiger partial charge is 0.303 e. The van der Waals surface area contributed by atoms with E-state index in [1.54, 1.807) is 19.1 Å². The third-order valence-corrected chi connectivity index (χ3v) is 1.92. The lowest BCUT2D eigenvalue weighted by atomic mass is 10.2. The molecule has 0 aliphatic carbocycles. The fourth-order valence-corrected chi connectivity index (χ4v) is 1.04. The molecule has 0 atom stereocenters. The second-order valence-electron chi connectivity index (χ2n) is 3.09. The fourth-order valence-electron chi connectivity index (χ4n) is 1.04. The number of aliphatic carboxylic acids is 1.